The molecule has 1 aliphatic rings. The van der Waals surface area contributed by atoms with Crippen LogP contribution in [0.5, 0.6) is 5.75 Å². The van der Waals surface area contributed by atoms with Crippen molar-refractivity contribution in [3.05, 3.63) is 59.7 Å². The molecule has 1 heterocycles. The summed E-state index contributed by atoms with van der Waals surface area (Å²) in [5.74, 6) is 0.588. The smallest absolute Gasteiger partial charge is 0.232 e. The highest BCUT2D eigenvalue weighted by atomic mass is 32.2. The van der Waals surface area contributed by atoms with E-state index in [4.69, 9.17) is 4.74 Å². The first kappa shape index (κ1) is 21.2. The molecule has 0 spiro atoms. The number of amides is 1. The number of sulfonamides is 1. The van der Waals surface area contributed by atoms with Crippen molar-refractivity contribution < 1.29 is 17.9 Å². The molecule has 1 amide bonds. The number of benzene rings is 2. The molecule has 0 N–H and O–H groups in total. The third-order valence-electron chi connectivity index (χ3n) is 5.07. The summed E-state index contributed by atoms with van der Waals surface area (Å²) < 4.78 is 31.7. The van der Waals surface area contributed by atoms with Gasteiger partial charge in [-0.1, -0.05) is 36.4 Å². The Morgan fingerprint density at radius 2 is 1.79 bits per heavy atom. The maximum atomic E-state index is 12.7. The number of carbonyl (C=O) groups excluding carboxylic acids is 1. The van der Waals surface area contributed by atoms with Gasteiger partial charge < -0.3 is 9.64 Å². The molecule has 0 aromatic heterocycles. The van der Waals surface area contributed by atoms with Gasteiger partial charge in [-0.25, -0.2) is 8.42 Å². The van der Waals surface area contributed by atoms with Gasteiger partial charge in [-0.2, -0.15) is 0 Å². The second-order valence-electron chi connectivity index (χ2n) is 7.17. The molecule has 3 rings (SSSR count). The second-order valence-corrected chi connectivity index (χ2v) is 9.08. The quantitative estimate of drug-likeness (QED) is 0.663. The zero-order chi connectivity index (χ0) is 20.9. The summed E-state index contributed by atoms with van der Waals surface area (Å²) in [4.78, 5) is 14.5. The van der Waals surface area contributed by atoms with Crippen LogP contribution >= 0.6 is 0 Å². The summed E-state index contributed by atoms with van der Waals surface area (Å²) in [6.07, 6.45) is 2.80. The number of ether oxygens (including phenoxy) is 1. The van der Waals surface area contributed by atoms with E-state index in [9.17, 15) is 13.2 Å². The Morgan fingerprint density at radius 1 is 1.10 bits per heavy atom. The topological polar surface area (TPSA) is 66.9 Å². The van der Waals surface area contributed by atoms with Crippen molar-refractivity contribution in [2.24, 2.45) is 0 Å². The number of para-hydroxylation sites is 2. The van der Waals surface area contributed by atoms with E-state index in [1.165, 1.54) is 21.7 Å². The van der Waals surface area contributed by atoms with Crippen molar-refractivity contribution >= 4 is 21.6 Å². The third kappa shape index (κ3) is 5.29. The predicted molar refractivity (Wildman–Crippen MR) is 115 cm³/mol. The zero-order valence-electron chi connectivity index (χ0n) is 17.0. The van der Waals surface area contributed by atoms with Crippen LogP contribution in [0.4, 0.5) is 5.69 Å². The minimum Gasteiger partial charge on any atom is -0.492 e. The molecule has 6 nitrogen and oxygen atoms in total. The minimum absolute atomic E-state index is 0.0612. The molecule has 2 aromatic carbocycles. The number of carbonyl (C=O) groups is 1. The molecular formula is C22H28N2O4S. The van der Waals surface area contributed by atoms with Gasteiger partial charge in [0.25, 0.3) is 0 Å². The molecule has 1 aliphatic heterocycles. The Morgan fingerprint density at radius 3 is 2.52 bits per heavy atom. The van der Waals surface area contributed by atoms with Gasteiger partial charge in [-0.05, 0) is 43.0 Å². The number of anilines is 1. The highest BCUT2D eigenvalue weighted by Gasteiger charge is 2.23. The van der Waals surface area contributed by atoms with Gasteiger partial charge in [-0.15, -0.1) is 0 Å². The monoisotopic (exact) mass is 416 g/mol. The highest BCUT2D eigenvalue weighted by molar-refractivity contribution is 7.92. The summed E-state index contributed by atoms with van der Waals surface area (Å²) in [6.45, 7) is 3.87. The van der Waals surface area contributed by atoms with Crippen molar-refractivity contribution in [3.8, 4) is 5.75 Å². The Kier molecular flexibility index (Phi) is 6.79. The van der Waals surface area contributed by atoms with Gasteiger partial charge in [0, 0.05) is 26.1 Å². The Hall–Kier alpha value is -2.54. The first-order chi connectivity index (χ1) is 13.9. The zero-order valence-corrected chi connectivity index (χ0v) is 17.8. The van der Waals surface area contributed by atoms with Gasteiger partial charge in [0.05, 0.1) is 18.6 Å². The van der Waals surface area contributed by atoms with Gasteiger partial charge in [-0.3, -0.25) is 9.10 Å². The van der Waals surface area contributed by atoms with Crippen molar-refractivity contribution in [1.82, 2.24) is 4.90 Å². The van der Waals surface area contributed by atoms with E-state index in [1.807, 2.05) is 30.0 Å². The largest absolute Gasteiger partial charge is 0.492 e. The summed E-state index contributed by atoms with van der Waals surface area (Å²) in [5, 5.41) is 0. The lowest BCUT2D eigenvalue weighted by molar-refractivity contribution is -0.132. The lowest BCUT2D eigenvalue weighted by Crippen LogP contribution is -2.37. The van der Waals surface area contributed by atoms with E-state index in [1.54, 1.807) is 18.2 Å². The van der Waals surface area contributed by atoms with Crippen LogP contribution in [0.25, 0.3) is 0 Å². The molecule has 2 aromatic rings. The van der Waals surface area contributed by atoms with Gasteiger partial charge >= 0.3 is 0 Å². The average molecular weight is 417 g/mol. The molecule has 0 atom stereocenters. The van der Waals surface area contributed by atoms with Gasteiger partial charge in [0.1, 0.15) is 5.75 Å². The van der Waals surface area contributed by atoms with Gasteiger partial charge in [0.15, 0.2) is 0 Å². The molecule has 156 valence electrons. The van der Waals surface area contributed by atoms with Crippen LogP contribution in [-0.4, -0.2) is 45.2 Å². The molecule has 0 radical (unpaired) electrons. The fourth-order valence-corrected chi connectivity index (χ4v) is 4.62. The van der Waals surface area contributed by atoms with Crippen LogP contribution in [0.15, 0.2) is 48.5 Å². The van der Waals surface area contributed by atoms with E-state index in [2.05, 4.69) is 12.1 Å². The SMILES string of the molecule is CCOc1ccccc1N(CCCC(=O)N1CCc2ccccc2C1)S(C)(=O)=O. The maximum Gasteiger partial charge on any atom is 0.232 e. The summed E-state index contributed by atoms with van der Waals surface area (Å²) >= 11 is 0. The van der Waals surface area contributed by atoms with Crippen molar-refractivity contribution in [2.75, 3.05) is 30.3 Å². The Labute approximate surface area is 173 Å². The van der Waals surface area contributed by atoms with Crippen molar-refractivity contribution in [3.63, 3.8) is 0 Å². The maximum absolute atomic E-state index is 12.7. The van der Waals surface area contributed by atoms with Crippen LogP contribution in [0.1, 0.15) is 30.9 Å². The fraction of sp³-hybridized carbons (Fsp3) is 0.409. The lowest BCUT2D eigenvalue weighted by atomic mass is 9.99. The molecule has 7 heteroatoms. The van der Waals surface area contributed by atoms with Crippen LogP contribution in [0.3, 0.4) is 0 Å². The number of hydrogen-bond donors (Lipinski definition) is 0. The van der Waals surface area contributed by atoms with E-state index in [-0.39, 0.29) is 12.5 Å². The van der Waals surface area contributed by atoms with Crippen molar-refractivity contribution in [2.45, 2.75) is 32.7 Å². The first-order valence-corrected chi connectivity index (χ1v) is 11.8. The third-order valence-corrected chi connectivity index (χ3v) is 6.25. The Balaban J connectivity index is 1.63. The average Bonchev–Trinajstić information content (AvgIpc) is 2.71. The molecule has 0 unspecified atom stereocenters. The molecule has 0 saturated carbocycles. The summed E-state index contributed by atoms with van der Waals surface area (Å²) in [5.41, 5.74) is 3.00. The summed E-state index contributed by atoms with van der Waals surface area (Å²) in [6, 6.07) is 15.3. The molecule has 0 bridgehead atoms. The minimum atomic E-state index is -3.49. The summed E-state index contributed by atoms with van der Waals surface area (Å²) in [7, 11) is -3.49. The molecule has 29 heavy (non-hydrogen) atoms. The predicted octanol–water partition coefficient (Wildman–Crippen LogP) is 3.22. The van der Waals surface area contributed by atoms with Crippen LogP contribution in [0, 0.1) is 0 Å². The van der Waals surface area contributed by atoms with Crippen LogP contribution in [0.2, 0.25) is 0 Å². The van der Waals surface area contributed by atoms with E-state index < -0.39 is 10.0 Å². The van der Waals surface area contributed by atoms with Crippen LogP contribution in [-0.2, 0) is 27.8 Å². The van der Waals surface area contributed by atoms with E-state index in [0.29, 0.717) is 44.0 Å². The normalized spacial score (nSPS) is 13.7. The molecule has 0 aliphatic carbocycles. The number of fused-ring (bicyclic) bond motifs is 1. The van der Waals surface area contributed by atoms with Gasteiger partial charge in [0.2, 0.25) is 15.9 Å². The number of nitrogens with zero attached hydrogens (tertiary/aromatic N) is 2. The molecular weight excluding hydrogens is 388 g/mol. The van der Waals surface area contributed by atoms with E-state index >= 15 is 0 Å². The first-order valence-electron chi connectivity index (χ1n) is 9.94. The lowest BCUT2D eigenvalue weighted by Gasteiger charge is -2.29. The Bertz CT molecular complexity index is 959. The highest BCUT2D eigenvalue weighted by Crippen LogP contribution is 2.30. The molecule has 0 fully saturated rings. The van der Waals surface area contributed by atoms with Crippen LogP contribution < -0.4 is 9.04 Å². The fourth-order valence-electron chi connectivity index (χ4n) is 3.65. The standard InChI is InChI=1S/C22H28N2O4S/c1-3-28-21-12-7-6-11-20(21)24(29(2,26)27)15-8-13-22(25)23-16-14-18-9-4-5-10-19(18)17-23/h4-7,9-12H,3,8,13-17H2,1-2H3. The van der Waals surface area contributed by atoms with E-state index in [0.717, 1.165) is 6.42 Å². The number of hydrogen-bond acceptors (Lipinski definition) is 4. The van der Waals surface area contributed by atoms with Crippen molar-refractivity contribution in [1.29, 1.82) is 0 Å². The second kappa shape index (κ2) is 9.31. The number of rotatable bonds is 8. The molecule has 0 saturated heterocycles.